The zero-order valence-electron chi connectivity index (χ0n) is 13.9. The quantitative estimate of drug-likeness (QED) is 0.565. The van der Waals surface area contributed by atoms with Gasteiger partial charge in [0.15, 0.2) is 5.82 Å². The molecule has 9 nitrogen and oxygen atoms in total. The second-order valence-electron chi connectivity index (χ2n) is 6.70. The Kier molecular flexibility index (Phi) is 4.17. The number of carbonyl (C=O) groups excluding carboxylic acids is 2. The fraction of sp³-hybridized carbons (Fsp3) is 0.412. The number of aliphatic hydroxyl groups excluding tert-OH is 2. The van der Waals surface area contributed by atoms with Crippen LogP contribution in [0, 0.1) is 0 Å². The van der Waals surface area contributed by atoms with E-state index < -0.39 is 24.0 Å². The number of amides is 2. The number of benzene rings is 1. The highest BCUT2D eigenvalue weighted by Crippen LogP contribution is 2.38. The van der Waals surface area contributed by atoms with Gasteiger partial charge in [-0.3, -0.25) is 14.7 Å². The van der Waals surface area contributed by atoms with Gasteiger partial charge in [0.25, 0.3) is 0 Å². The predicted octanol–water partition coefficient (Wildman–Crippen LogP) is -0.148. The number of aromatic amines is 1. The Bertz CT molecular complexity index is 837. The number of H-pyrrole nitrogens is 1. The molecule has 2 fully saturated rings. The Hall–Kier alpha value is -2.78. The Morgan fingerprint density at radius 2 is 1.92 bits per heavy atom. The van der Waals surface area contributed by atoms with E-state index >= 15 is 0 Å². The molecule has 2 aromatic rings. The van der Waals surface area contributed by atoms with Gasteiger partial charge in [-0.25, -0.2) is 4.98 Å². The average molecular weight is 357 g/mol. The third-order valence-electron chi connectivity index (χ3n) is 4.59. The van der Waals surface area contributed by atoms with E-state index in [0.29, 0.717) is 17.4 Å². The Morgan fingerprint density at radius 1 is 1.19 bits per heavy atom. The Morgan fingerprint density at radius 3 is 2.62 bits per heavy atom. The van der Waals surface area contributed by atoms with Crippen molar-refractivity contribution in [2.45, 2.75) is 31.0 Å². The lowest BCUT2D eigenvalue weighted by Crippen LogP contribution is -2.39. The predicted molar refractivity (Wildman–Crippen MR) is 91.0 cm³/mol. The summed E-state index contributed by atoms with van der Waals surface area (Å²) in [7, 11) is 0. The van der Waals surface area contributed by atoms with Gasteiger partial charge in [0, 0.05) is 30.3 Å². The van der Waals surface area contributed by atoms with Gasteiger partial charge in [-0.2, -0.15) is 5.10 Å². The molecule has 0 radical (unpaired) electrons. The number of hydrogen-bond acceptors (Lipinski definition) is 6. The first-order valence-electron chi connectivity index (χ1n) is 8.50. The summed E-state index contributed by atoms with van der Waals surface area (Å²) in [5, 5.41) is 28.7. The Labute approximate surface area is 149 Å². The summed E-state index contributed by atoms with van der Waals surface area (Å²) in [5.41, 5.74) is 1.17. The molecule has 136 valence electrons. The fourth-order valence-electron chi connectivity index (χ4n) is 2.94. The van der Waals surface area contributed by atoms with Crippen LogP contribution < -0.4 is 5.32 Å². The monoisotopic (exact) mass is 357 g/mol. The van der Waals surface area contributed by atoms with Crippen molar-refractivity contribution in [1.82, 2.24) is 20.1 Å². The fourth-order valence-corrected chi connectivity index (χ4v) is 2.94. The molecule has 1 aromatic heterocycles. The molecule has 4 N–H and O–H groups in total. The lowest BCUT2D eigenvalue weighted by molar-refractivity contribution is -0.142. The third-order valence-corrected chi connectivity index (χ3v) is 4.59. The number of hydrogen-bond donors (Lipinski definition) is 4. The summed E-state index contributed by atoms with van der Waals surface area (Å²) in [6, 6.07) is 6.92. The molecular formula is C17H19N5O4. The number of β-amino-alcohol motifs (C(OH)–C–C–N with tert-alkyl or cyclic N) is 2. The van der Waals surface area contributed by atoms with Gasteiger partial charge in [-0.15, -0.1) is 0 Å². The smallest absolute Gasteiger partial charge is 0.313 e. The normalized spacial score (nSPS) is 22.5. The summed E-state index contributed by atoms with van der Waals surface area (Å²) >= 11 is 0. The van der Waals surface area contributed by atoms with Gasteiger partial charge in [0.2, 0.25) is 0 Å². The summed E-state index contributed by atoms with van der Waals surface area (Å²) in [4.78, 5) is 29.9. The van der Waals surface area contributed by atoms with Crippen LogP contribution in [0.5, 0.6) is 0 Å². The number of likely N-dealkylation sites (tertiary alicyclic amines) is 1. The molecule has 0 unspecified atom stereocenters. The van der Waals surface area contributed by atoms with Crippen molar-refractivity contribution in [3.8, 4) is 11.4 Å². The number of aliphatic hydroxyl groups is 2. The number of nitrogens with zero attached hydrogens (tertiary/aromatic N) is 3. The molecule has 2 heterocycles. The van der Waals surface area contributed by atoms with Gasteiger partial charge >= 0.3 is 11.8 Å². The first-order valence-corrected chi connectivity index (χ1v) is 8.50. The number of nitrogens with one attached hydrogen (secondary N) is 2. The van der Waals surface area contributed by atoms with Crippen molar-refractivity contribution < 1.29 is 19.8 Å². The highest BCUT2D eigenvalue weighted by Gasteiger charge is 2.35. The summed E-state index contributed by atoms with van der Waals surface area (Å²) in [5.74, 6) is 0.260. The first kappa shape index (κ1) is 16.7. The minimum Gasteiger partial charge on any atom is -0.388 e. The van der Waals surface area contributed by atoms with E-state index in [4.69, 9.17) is 0 Å². The van der Waals surface area contributed by atoms with E-state index in [1.165, 1.54) is 0 Å². The molecule has 4 rings (SSSR count). The maximum atomic E-state index is 12.2. The number of aromatic nitrogens is 3. The second kappa shape index (κ2) is 6.50. The summed E-state index contributed by atoms with van der Waals surface area (Å²) < 4.78 is 0. The SMILES string of the molecule is O=C(Nc1cccc(-c2n[nH]c(C3CC3)n2)c1)C(=O)N1C[C@@H](O)[C@@H](O)C1. The van der Waals surface area contributed by atoms with Crippen LogP contribution in [0.4, 0.5) is 5.69 Å². The van der Waals surface area contributed by atoms with Crippen LogP contribution in [-0.2, 0) is 9.59 Å². The maximum absolute atomic E-state index is 12.2. The molecule has 0 bridgehead atoms. The van der Waals surface area contributed by atoms with Crippen LogP contribution in [0.2, 0.25) is 0 Å². The van der Waals surface area contributed by atoms with Crippen molar-refractivity contribution in [3.05, 3.63) is 30.1 Å². The average Bonchev–Trinajstić information content (AvgIpc) is 3.27. The molecule has 0 spiro atoms. The van der Waals surface area contributed by atoms with Crippen molar-refractivity contribution in [2.24, 2.45) is 0 Å². The third kappa shape index (κ3) is 3.31. The van der Waals surface area contributed by atoms with Crippen molar-refractivity contribution >= 4 is 17.5 Å². The maximum Gasteiger partial charge on any atom is 0.313 e. The molecule has 2 amide bonds. The topological polar surface area (TPSA) is 131 Å². The highest BCUT2D eigenvalue weighted by atomic mass is 16.3. The van der Waals surface area contributed by atoms with Gasteiger partial charge in [-0.1, -0.05) is 12.1 Å². The van der Waals surface area contributed by atoms with E-state index in [1.807, 2.05) is 6.07 Å². The standard InChI is InChI=1S/C17H19N5O4/c23-12-7-22(8-13(12)24)17(26)16(25)18-11-3-1-2-10(6-11)15-19-14(20-21-15)9-4-5-9/h1-3,6,9,12-13,23-24H,4-5,7-8H2,(H,18,25)(H,19,20,21)/t12-,13+. The molecular weight excluding hydrogens is 338 g/mol. The van der Waals surface area contributed by atoms with Crippen molar-refractivity contribution in [2.75, 3.05) is 18.4 Å². The molecule has 9 heteroatoms. The van der Waals surface area contributed by atoms with Gasteiger partial charge < -0.3 is 20.4 Å². The molecule has 2 atom stereocenters. The van der Waals surface area contributed by atoms with Gasteiger partial charge in [-0.05, 0) is 25.0 Å². The molecule has 1 aliphatic carbocycles. The van der Waals surface area contributed by atoms with E-state index in [9.17, 15) is 19.8 Å². The highest BCUT2D eigenvalue weighted by molar-refractivity contribution is 6.39. The molecule has 1 aliphatic heterocycles. The lowest BCUT2D eigenvalue weighted by atomic mass is 10.2. The van der Waals surface area contributed by atoms with E-state index in [0.717, 1.165) is 29.1 Å². The van der Waals surface area contributed by atoms with Crippen LogP contribution in [-0.4, -0.2) is 67.4 Å². The largest absolute Gasteiger partial charge is 0.388 e. The number of anilines is 1. The zero-order valence-corrected chi connectivity index (χ0v) is 13.9. The molecule has 1 saturated carbocycles. The minimum atomic E-state index is -1.03. The van der Waals surface area contributed by atoms with Gasteiger partial charge in [0.1, 0.15) is 5.82 Å². The molecule has 1 saturated heterocycles. The van der Waals surface area contributed by atoms with Crippen molar-refractivity contribution in [1.29, 1.82) is 0 Å². The summed E-state index contributed by atoms with van der Waals surface area (Å²) in [6.45, 7) is -0.122. The van der Waals surface area contributed by atoms with Crippen LogP contribution in [0.25, 0.3) is 11.4 Å². The number of carbonyl (C=O) groups is 2. The first-order chi connectivity index (χ1) is 12.5. The lowest BCUT2D eigenvalue weighted by Gasteiger charge is -2.14. The van der Waals surface area contributed by atoms with E-state index in [-0.39, 0.29) is 13.1 Å². The Balaban J connectivity index is 1.44. The van der Waals surface area contributed by atoms with Crippen LogP contribution in [0.15, 0.2) is 24.3 Å². The minimum absolute atomic E-state index is 0.0609. The van der Waals surface area contributed by atoms with E-state index in [2.05, 4.69) is 20.5 Å². The van der Waals surface area contributed by atoms with Gasteiger partial charge in [0.05, 0.1) is 12.2 Å². The van der Waals surface area contributed by atoms with Crippen LogP contribution >= 0.6 is 0 Å². The molecule has 1 aromatic carbocycles. The van der Waals surface area contributed by atoms with Crippen LogP contribution in [0.3, 0.4) is 0 Å². The second-order valence-corrected chi connectivity index (χ2v) is 6.70. The van der Waals surface area contributed by atoms with Crippen molar-refractivity contribution in [3.63, 3.8) is 0 Å². The van der Waals surface area contributed by atoms with E-state index in [1.54, 1.807) is 18.2 Å². The van der Waals surface area contributed by atoms with Crippen LogP contribution in [0.1, 0.15) is 24.6 Å². The zero-order chi connectivity index (χ0) is 18.3. The molecule has 26 heavy (non-hydrogen) atoms. The summed E-state index contributed by atoms with van der Waals surface area (Å²) in [6.07, 6.45) is 0.183. The number of rotatable bonds is 3. The molecule has 2 aliphatic rings.